The fraction of sp³-hybridized carbons (Fsp3) is 0.727. The Balaban J connectivity index is 2.38. The van der Waals surface area contributed by atoms with E-state index in [1.54, 1.807) is 0 Å². The van der Waals surface area contributed by atoms with Gasteiger partial charge in [-0.15, -0.1) is 10.2 Å². The summed E-state index contributed by atoms with van der Waals surface area (Å²) >= 11 is 1.34. The Bertz CT molecular complexity index is 400. The highest BCUT2D eigenvalue weighted by molar-refractivity contribution is 7.15. The third-order valence-electron chi connectivity index (χ3n) is 2.45. The van der Waals surface area contributed by atoms with Crippen molar-refractivity contribution in [3.63, 3.8) is 0 Å². The van der Waals surface area contributed by atoms with Gasteiger partial charge in [0.05, 0.1) is 6.10 Å². The van der Waals surface area contributed by atoms with Gasteiger partial charge in [0.2, 0.25) is 5.13 Å². The first-order valence-electron chi connectivity index (χ1n) is 5.88. The summed E-state index contributed by atoms with van der Waals surface area (Å²) in [4.78, 5) is 11.5. The fourth-order valence-corrected chi connectivity index (χ4v) is 1.76. The summed E-state index contributed by atoms with van der Waals surface area (Å²) < 4.78 is 0. The number of rotatable bonds is 4. The minimum absolute atomic E-state index is 0.203. The van der Waals surface area contributed by atoms with Crippen molar-refractivity contribution in [2.75, 3.05) is 11.9 Å². The molecule has 0 aliphatic carbocycles. The molecule has 0 radical (unpaired) electrons. The Morgan fingerprint density at radius 2 is 2.11 bits per heavy atom. The van der Waals surface area contributed by atoms with E-state index in [1.807, 2.05) is 27.7 Å². The molecule has 2 amide bonds. The molecule has 7 heteroatoms. The lowest BCUT2D eigenvalue weighted by Gasteiger charge is -2.25. The molecule has 1 aromatic heterocycles. The van der Waals surface area contributed by atoms with Crippen LogP contribution in [0.1, 0.15) is 32.7 Å². The number of aliphatic hydroxyl groups is 1. The van der Waals surface area contributed by atoms with Crippen LogP contribution in [-0.2, 0) is 6.42 Å². The topological polar surface area (TPSA) is 87.1 Å². The van der Waals surface area contributed by atoms with Crippen LogP contribution in [0.25, 0.3) is 0 Å². The third kappa shape index (κ3) is 4.58. The van der Waals surface area contributed by atoms with Gasteiger partial charge in [0.25, 0.3) is 0 Å². The predicted molar refractivity (Wildman–Crippen MR) is 71.8 cm³/mol. The molecule has 0 fully saturated rings. The van der Waals surface area contributed by atoms with E-state index in [2.05, 4.69) is 20.8 Å². The van der Waals surface area contributed by atoms with Crippen molar-refractivity contribution >= 4 is 22.5 Å². The summed E-state index contributed by atoms with van der Waals surface area (Å²) in [5, 5.41) is 24.0. The van der Waals surface area contributed by atoms with E-state index < -0.39 is 6.10 Å². The maximum Gasteiger partial charge on any atom is 0.321 e. The van der Waals surface area contributed by atoms with E-state index in [9.17, 15) is 9.90 Å². The van der Waals surface area contributed by atoms with Crippen molar-refractivity contribution in [2.45, 2.75) is 40.2 Å². The first-order valence-corrected chi connectivity index (χ1v) is 6.70. The zero-order valence-electron chi connectivity index (χ0n) is 11.1. The van der Waals surface area contributed by atoms with Gasteiger partial charge in [0.1, 0.15) is 5.01 Å². The van der Waals surface area contributed by atoms with Crippen LogP contribution in [0, 0.1) is 5.41 Å². The molecular formula is C11H20N4O2S. The minimum Gasteiger partial charge on any atom is -0.391 e. The zero-order chi connectivity index (χ0) is 13.8. The van der Waals surface area contributed by atoms with E-state index in [1.165, 1.54) is 11.3 Å². The molecular weight excluding hydrogens is 252 g/mol. The maximum absolute atomic E-state index is 11.5. The van der Waals surface area contributed by atoms with E-state index in [0.717, 1.165) is 11.4 Å². The molecule has 3 N–H and O–H groups in total. The summed E-state index contributed by atoms with van der Waals surface area (Å²) in [5.74, 6) is 0. The van der Waals surface area contributed by atoms with Gasteiger partial charge in [-0.2, -0.15) is 0 Å². The Kier molecular flexibility index (Phi) is 5.03. The van der Waals surface area contributed by atoms with E-state index in [-0.39, 0.29) is 18.0 Å². The van der Waals surface area contributed by atoms with Crippen molar-refractivity contribution in [3.05, 3.63) is 5.01 Å². The van der Waals surface area contributed by atoms with Crippen LogP contribution in [0.4, 0.5) is 9.93 Å². The van der Waals surface area contributed by atoms with Crippen LogP contribution in [0.5, 0.6) is 0 Å². The summed E-state index contributed by atoms with van der Waals surface area (Å²) in [6, 6.07) is -0.378. The summed E-state index contributed by atoms with van der Waals surface area (Å²) in [5.41, 5.74) is -0.259. The molecule has 0 saturated carbocycles. The molecule has 0 saturated heterocycles. The molecule has 1 unspecified atom stereocenters. The molecule has 0 aliphatic rings. The zero-order valence-corrected chi connectivity index (χ0v) is 12.0. The second-order valence-electron chi connectivity index (χ2n) is 5.07. The molecule has 1 aromatic rings. The third-order valence-corrected chi connectivity index (χ3v) is 3.43. The molecule has 0 spiro atoms. The lowest BCUT2D eigenvalue weighted by atomic mass is 9.89. The highest BCUT2D eigenvalue weighted by Gasteiger charge is 2.22. The number of aryl methyl sites for hydroxylation is 1. The molecule has 0 bridgehead atoms. The van der Waals surface area contributed by atoms with Crippen molar-refractivity contribution in [1.29, 1.82) is 0 Å². The van der Waals surface area contributed by atoms with Gasteiger partial charge in [0, 0.05) is 6.54 Å². The molecule has 1 atom stereocenters. The van der Waals surface area contributed by atoms with Crippen LogP contribution >= 0.6 is 11.3 Å². The number of hydrogen-bond acceptors (Lipinski definition) is 5. The number of nitrogens with zero attached hydrogens (tertiary/aromatic N) is 2. The van der Waals surface area contributed by atoms with Gasteiger partial charge < -0.3 is 10.4 Å². The van der Waals surface area contributed by atoms with Crippen LogP contribution in [0.3, 0.4) is 0 Å². The Labute approximate surface area is 111 Å². The van der Waals surface area contributed by atoms with Crippen LogP contribution in [-0.4, -0.2) is 34.0 Å². The fourth-order valence-electron chi connectivity index (χ4n) is 1.08. The largest absolute Gasteiger partial charge is 0.391 e. The van der Waals surface area contributed by atoms with Crippen molar-refractivity contribution in [3.8, 4) is 0 Å². The molecule has 1 heterocycles. The highest BCUT2D eigenvalue weighted by Crippen LogP contribution is 2.18. The molecule has 0 aliphatic heterocycles. The number of carbonyl (C=O) groups is 1. The average molecular weight is 272 g/mol. The van der Waals surface area contributed by atoms with Gasteiger partial charge in [-0.1, -0.05) is 39.0 Å². The van der Waals surface area contributed by atoms with E-state index in [0.29, 0.717) is 5.13 Å². The lowest BCUT2D eigenvalue weighted by Crippen LogP contribution is -2.40. The van der Waals surface area contributed by atoms with Gasteiger partial charge in [-0.3, -0.25) is 5.32 Å². The SMILES string of the molecule is CCc1nnc(NC(=O)NCC(O)C(C)(C)C)s1. The Hall–Kier alpha value is -1.21. The summed E-state index contributed by atoms with van der Waals surface area (Å²) in [6.07, 6.45) is 0.202. The molecule has 102 valence electrons. The minimum atomic E-state index is -0.594. The smallest absolute Gasteiger partial charge is 0.321 e. The number of aliphatic hydroxyl groups excluding tert-OH is 1. The molecule has 1 rings (SSSR count). The second kappa shape index (κ2) is 6.10. The van der Waals surface area contributed by atoms with E-state index >= 15 is 0 Å². The van der Waals surface area contributed by atoms with E-state index in [4.69, 9.17) is 0 Å². The standard InChI is InChI=1S/C11H20N4O2S/c1-5-8-14-15-10(18-8)13-9(17)12-6-7(16)11(2,3)4/h7,16H,5-6H2,1-4H3,(H2,12,13,15,17). The van der Waals surface area contributed by atoms with Crippen molar-refractivity contribution < 1.29 is 9.90 Å². The number of anilines is 1. The maximum atomic E-state index is 11.5. The first-order chi connectivity index (χ1) is 8.32. The molecule has 6 nitrogen and oxygen atoms in total. The summed E-state index contributed by atoms with van der Waals surface area (Å²) in [7, 11) is 0. The van der Waals surface area contributed by atoms with Crippen molar-refractivity contribution in [1.82, 2.24) is 15.5 Å². The van der Waals surface area contributed by atoms with Crippen LogP contribution in [0.2, 0.25) is 0 Å². The predicted octanol–water partition coefficient (Wildman–Crippen LogP) is 1.63. The number of aromatic nitrogens is 2. The second-order valence-corrected chi connectivity index (χ2v) is 6.13. The van der Waals surface area contributed by atoms with Crippen LogP contribution in [0.15, 0.2) is 0 Å². The van der Waals surface area contributed by atoms with Gasteiger partial charge in [0.15, 0.2) is 0 Å². The number of amides is 2. The normalized spacial score (nSPS) is 13.2. The number of hydrogen-bond donors (Lipinski definition) is 3. The Morgan fingerprint density at radius 3 is 2.61 bits per heavy atom. The lowest BCUT2D eigenvalue weighted by molar-refractivity contribution is 0.0654. The average Bonchev–Trinajstić information content (AvgIpc) is 2.72. The first kappa shape index (κ1) is 14.8. The number of nitrogens with one attached hydrogen (secondary N) is 2. The van der Waals surface area contributed by atoms with Crippen LogP contribution < -0.4 is 10.6 Å². The number of urea groups is 1. The quantitative estimate of drug-likeness (QED) is 0.777. The summed E-state index contributed by atoms with van der Waals surface area (Å²) in [6.45, 7) is 7.92. The van der Waals surface area contributed by atoms with Gasteiger partial charge >= 0.3 is 6.03 Å². The van der Waals surface area contributed by atoms with Gasteiger partial charge in [-0.25, -0.2) is 4.79 Å². The number of carbonyl (C=O) groups excluding carboxylic acids is 1. The monoisotopic (exact) mass is 272 g/mol. The van der Waals surface area contributed by atoms with Gasteiger partial charge in [-0.05, 0) is 11.8 Å². The Morgan fingerprint density at radius 1 is 1.44 bits per heavy atom. The molecule has 0 aromatic carbocycles. The highest BCUT2D eigenvalue weighted by atomic mass is 32.1. The molecule has 18 heavy (non-hydrogen) atoms. The van der Waals surface area contributed by atoms with Crippen molar-refractivity contribution in [2.24, 2.45) is 5.41 Å².